The quantitative estimate of drug-likeness (QED) is 0.622. The Kier molecular flexibility index (Phi) is 4.61. The normalized spacial score (nSPS) is 25.7. The van der Waals surface area contributed by atoms with Gasteiger partial charge in [0.1, 0.15) is 6.04 Å². The molecule has 0 spiro atoms. The van der Waals surface area contributed by atoms with Gasteiger partial charge in [-0.1, -0.05) is 24.8 Å². The molecule has 1 N–H and O–H groups in total. The maximum atomic E-state index is 12.7. The number of carbonyl (C=O) groups is 2. The molecule has 4 rings (SSSR count). The van der Waals surface area contributed by atoms with Crippen LogP contribution in [0.4, 0.5) is 0 Å². The number of fused-ring (bicyclic) bond motifs is 1. The molecule has 0 radical (unpaired) electrons. The van der Waals surface area contributed by atoms with Crippen LogP contribution in [0.25, 0.3) is 11.0 Å². The molecule has 2 amide bonds. The molecule has 1 atom stereocenters. The first-order valence-electron chi connectivity index (χ1n) is 9.52. The average molecular weight is 366 g/mol. The van der Waals surface area contributed by atoms with Gasteiger partial charge in [0.25, 0.3) is 11.5 Å². The number of rotatable bonds is 1. The number of carbonyl (C=O) groups excluding carboxylic acids is 2. The summed E-state index contributed by atoms with van der Waals surface area (Å²) >= 11 is 0. The van der Waals surface area contributed by atoms with Gasteiger partial charge in [0.15, 0.2) is 5.58 Å². The third-order valence-corrected chi connectivity index (χ3v) is 5.56. The van der Waals surface area contributed by atoms with Crippen LogP contribution in [0.3, 0.4) is 0 Å². The summed E-state index contributed by atoms with van der Waals surface area (Å²) in [4.78, 5) is 36.2. The fourth-order valence-electron chi connectivity index (χ4n) is 3.86. The molecule has 1 saturated carbocycles. The molecule has 27 heavy (non-hydrogen) atoms. The maximum absolute atomic E-state index is 12.7. The number of benzene rings is 1. The smallest absolute Gasteiger partial charge is 0.291 e. The molecule has 0 bridgehead atoms. The molecule has 1 aliphatic carbocycles. The molecule has 1 aromatic carbocycles. The summed E-state index contributed by atoms with van der Waals surface area (Å²) in [5.74, 6) is 6.83. The number of imide groups is 1. The van der Waals surface area contributed by atoms with Crippen molar-refractivity contribution in [2.45, 2.75) is 51.5 Å². The van der Waals surface area contributed by atoms with E-state index < -0.39 is 11.9 Å². The summed E-state index contributed by atoms with van der Waals surface area (Å²) in [6, 6.07) is 4.49. The highest BCUT2D eigenvalue weighted by Crippen LogP contribution is 2.28. The van der Waals surface area contributed by atoms with Crippen LogP contribution in [0.15, 0.2) is 27.5 Å². The van der Waals surface area contributed by atoms with Crippen molar-refractivity contribution in [2.24, 2.45) is 11.8 Å². The number of hydrogen-bond donors (Lipinski definition) is 1. The third-order valence-electron chi connectivity index (χ3n) is 5.56. The molecular formula is C21H22N2O4. The SMILES string of the molecule is CC1CCC(C#Cc2cccc3c(=O)n(C4CCC(=O)NC4=O)oc23)CC1. The zero-order valence-corrected chi connectivity index (χ0v) is 15.3. The van der Waals surface area contributed by atoms with Crippen molar-refractivity contribution in [2.75, 3.05) is 0 Å². The molecule has 1 aliphatic heterocycles. The first-order chi connectivity index (χ1) is 13.0. The van der Waals surface area contributed by atoms with Gasteiger partial charge in [-0.2, -0.15) is 4.74 Å². The van der Waals surface area contributed by atoms with Crippen molar-refractivity contribution >= 4 is 22.8 Å². The Morgan fingerprint density at radius 3 is 2.63 bits per heavy atom. The van der Waals surface area contributed by atoms with Crippen molar-refractivity contribution in [1.29, 1.82) is 0 Å². The second kappa shape index (κ2) is 7.07. The van der Waals surface area contributed by atoms with Gasteiger partial charge in [0.2, 0.25) is 5.91 Å². The summed E-state index contributed by atoms with van der Waals surface area (Å²) < 4.78 is 6.84. The number of nitrogens with one attached hydrogen (secondary N) is 1. The molecule has 1 aromatic heterocycles. The fourth-order valence-corrected chi connectivity index (χ4v) is 3.86. The molecule has 1 unspecified atom stereocenters. The summed E-state index contributed by atoms with van der Waals surface area (Å²) in [6.45, 7) is 2.27. The first kappa shape index (κ1) is 17.6. The number of para-hydroxylation sites is 1. The lowest BCUT2D eigenvalue weighted by atomic mass is 9.83. The van der Waals surface area contributed by atoms with Crippen molar-refractivity contribution in [3.63, 3.8) is 0 Å². The monoisotopic (exact) mass is 366 g/mol. The topological polar surface area (TPSA) is 81.3 Å². The second-order valence-electron chi connectivity index (χ2n) is 7.60. The van der Waals surface area contributed by atoms with Gasteiger partial charge in [-0.25, -0.2) is 0 Å². The van der Waals surface area contributed by atoms with E-state index in [1.165, 1.54) is 12.8 Å². The Labute approximate surface area is 156 Å². The highest BCUT2D eigenvalue weighted by Gasteiger charge is 2.31. The molecule has 6 nitrogen and oxygen atoms in total. The molecule has 6 heteroatoms. The Morgan fingerprint density at radius 1 is 1.11 bits per heavy atom. The van der Waals surface area contributed by atoms with Crippen molar-refractivity contribution in [1.82, 2.24) is 10.1 Å². The fraction of sp³-hybridized carbons (Fsp3) is 0.476. The van der Waals surface area contributed by atoms with Crippen LogP contribution < -0.4 is 10.9 Å². The lowest BCUT2D eigenvalue weighted by molar-refractivity contribution is -0.137. The van der Waals surface area contributed by atoms with Crippen LogP contribution in [0.1, 0.15) is 57.1 Å². The Balaban J connectivity index is 1.67. The standard InChI is InChI=1S/C21H22N2O4/c1-13-5-7-14(8-6-13)9-10-15-3-2-4-16-19(15)27-23(21(16)26)17-11-12-18(24)22-20(17)25/h2-4,13-14,17H,5-8,11-12H2,1H3,(H,22,24,25). The zero-order chi connectivity index (χ0) is 19.0. The zero-order valence-electron chi connectivity index (χ0n) is 15.3. The van der Waals surface area contributed by atoms with E-state index in [0.717, 1.165) is 23.5 Å². The molecule has 140 valence electrons. The van der Waals surface area contributed by atoms with Gasteiger partial charge in [-0.3, -0.25) is 19.7 Å². The van der Waals surface area contributed by atoms with Gasteiger partial charge < -0.3 is 4.52 Å². The third kappa shape index (κ3) is 3.42. The van der Waals surface area contributed by atoms with Crippen LogP contribution in [0.5, 0.6) is 0 Å². The van der Waals surface area contributed by atoms with Gasteiger partial charge in [-0.15, -0.1) is 0 Å². The number of amides is 2. The second-order valence-corrected chi connectivity index (χ2v) is 7.60. The minimum absolute atomic E-state index is 0.187. The summed E-state index contributed by atoms with van der Waals surface area (Å²) in [7, 11) is 0. The largest absolute Gasteiger partial charge is 0.374 e. The lowest BCUT2D eigenvalue weighted by Crippen LogP contribution is -2.43. The number of hydrogen-bond acceptors (Lipinski definition) is 4. The van der Waals surface area contributed by atoms with Crippen molar-refractivity contribution in [3.8, 4) is 11.8 Å². The van der Waals surface area contributed by atoms with Crippen LogP contribution in [0, 0.1) is 23.7 Å². The summed E-state index contributed by atoms with van der Waals surface area (Å²) in [5, 5.41) is 2.67. The highest BCUT2D eigenvalue weighted by molar-refractivity contribution is 5.99. The van der Waals surface area contributed by atoms with Crippen LogP contribution in [-0.4, -0.2) is 16.6 Å². The molecule has 2 heterocycles. The number of nitrogens with zero attached hydrogens (tertiary/aromatic N) is 1. The Morgan fingerprint density at radius 2 is 1.89 bits per heavy atom. The van der Waals surface area contributed by atoms with E-state index in [1.807, 2.05) is 6.07 Å². The van der Waals surface area contributed by atoms with E-state index >= 15 is 0 Å². The predicted molar refractivity (Wildman–Crippen MR) is 99.9 cm³/mol. The van der Waals surface area contributed by atoms with Crippen molar-refractivity contribution < 1.29 is 14.1 Å². The Bertz CT molecular complexity index is 1010. The summed E-state index contributed by atoms with van der Waals surface area (Å²) in [5.41, 5.74) is 0.702. The molecule has 1 saturated heterocycles. The summed E-state index contributed by atoms with van der Waals surface area (Å²) in [6.07, 6.45) is 5.05. The number of piperidine rings is 1. The van der Waals surface area contributed by atoms with Crippen LogP contribution in [-0.2, 0) is 9.59 Å². The minimum Gasteiger partial charge on any atom is -0.374 e. The van der Waals surface area contributed by atoms with E-state index in [2.05, 4.69) is 24.1 Å². The Hall–Kier alpha value is -2.81. The van der Waals surface area contributed by atoms with E-state index in [-0.39, 0.29) is 24.3 Å². The molecule has 2 aromatic rings. The maximum Gasteiger partial charge on any atom is 0.291 e. The highest BCUT2D eigenvalue weighted by atomic mass is 16.5. The minimum atomic E-state index is -0.803. The number of aromatic nitrogens is 1. The lowest BCUT2D eigenvalue weighted by Gasteiger charge is -2.21. The van der Waals surface area contributed by atoms with E-state index in [0.29, 0.717) is 22.5 Å². The van der Waals surface area contributed by atoms with Crippen molar-refractivity contribution in [3.05, 3.63) is 34.1 Å². The average Bonchev–Trinajstić information content (AvgIpc) is 2.99. The predicted octanol–water partition coefficient (Wildman–Crippen LogP) is 2.75. The molecule has 2 aliphatic rings. The van der Waals surface area contributed by atoms with E-state index in [1.54, 1.807) is 12.1 Å². The first-order valence-corrected chi connectivity index (χ1v) is 9.52. The molecular weight excluding hydrogens is 344 g/mol. The van der Waals surface area contributed by atoms with Gasteiger partial charge in [-0.05, 0) is 50.2 Å². The molecule has 2 fully saturated rings. The van der Waals surface area contributed by atoms with Gasteiger partial charge in [0, 0.05) is 12.3 Å². The van der Waals surface area contributed by atoms with Gasteiger partial charge >= 0.3 is 0 Å². The van der Waals surface area contributed by atoms with Gasteiger partial charge in [0.05, 0.1) is 10.9 Å². The van der Waals surface area contributed by atoms with E-state index in [4.69, 9.17) is 4.52 Å². The van der Waals surface area contributed by atoms with E-state index in [9.17, 15) is 14.4 Å². The van der Waals surface area contributed by atoms with Crippen LogP contribution >= 0.6 is 0 Å². The van der Waals surface area contributed by atoms with Crippen LogP contribution in [0.2, 0.25) is 0 Å².